The molecule has 0 amide bonds. The molecule has 1 fully saturated rings. The van der Waals surface area contributed by atoms with Gasteiger partial charge in [-0.2, -0.15) is 6.07 Å². The van der Waals surface area contributed by atoms with Crippen molar-refractivity contribution in [2.45, 2.75) is 58.8 Å². The van der Waals surface area contributed by atoms with Gasteiger partial charge in [-0.1, -0.05) is 79.5 Å². The van der Waals surface area contributed by atoms with Crippen molar-refractivity contribution in [1.29, 1.82) is 0 Å². The zero-order valence-electron chi connectivity index (χ0n) is 17.0. The molecule has 0 bridgehead atoms. The van der Waals surface area contributed by atoms with Crippen molar-refractivity contribution < 1.29 is 26.2 Å². The molecule has 0 nitrogen and oxygen atoms in total. The Hall–Kier alpha value is -0.487. The third-order valence-electron chi connectivity index (χ3n) is 5.84. The Labute approximate surface area is 201 Å². The van der Waals surface area contributed by atoms with Crippen molar-refractivity contribution in [1.82, 2.24) is 0 Å². The van der Waals surface area contributed by atoms with Crippen LogP contribution in [0.2, 0.25) is 0 Å². The molecule has 1 aliphatic rings. The molecule has 0 unspecified atom stereocenters. The fourth-order valence-corrected chi connectivity index (χ4v) is 4.70. The molecule has 150 valence electrons. The largest absolute Gasteiger partial charge is 0.164 e. The van der Waals surface area contributed by atoms with Crippen molar-refractivity contribution >= 4 is 35.6 Å². The smallest absolute Gasteiger partial charge is 0 e. The van der Waals surface area contributed by atoms with Crippen LogP contribution in [0.25, 0.3) is 21.9 Å². The van der Waals surface area contributed by atoms with Gasteiger partial charge in [0.15, 0.2) is 0 Å². The number of aryl methyl sites for hydroxylation is 2. The van der Waals surface area contributed by atoms with E-state index < -0.39 is 0 Å². The number of hydrogen-bond donors (Lipinski definition) is 0. The fourth-order valence-electron chi connectivity index (χ4n) is 4.70. The van der Waals surface area contributed by atoms with Crippen molar-refractivity contribution in [3.8, 4) is 11.1 Å². The molecule has 0 aromatic heterocycles. The van der Waals surface area contributed by atoms with Gasteiger partial charge in [-0.05, 0) is 31.7 Å². The van der Waals surface area contributed by atoms with Crippen LogP contribution in [-0.4, -0.2) is 0 Å². The van der Waals surface area contributed by atoms with Crippen LogP contribution >= 0.6 is 24.8 Å². The Kier molecular flexibility index (Phi) is 10.6. The SMILES string of the molecule is Cc1cc(C)cc(-c2cccc3[cH-]c(CC4CCCCCC4)cc23)c1.Cl.Cl.[Zr]. The van der Waals surface area contributed by atoms with Crippen molar-refractivity contribution in [2.75, 3.05) is 0 Å². The van der Waals surface area contributed by atoms with Gasteiger partial charge in [-0.15, -0.1) is 59.3 Å². The maximum Gasteiger partial charge on any atom is 0 e. The minimum Gasteiger partial charge on any atom is -0.164 e. The summed E-state index contributed by atoms with van der Waals surface area (Å²) >= 11 is 0. The van der Waals surface area contributed by atoms with Gasteiger partial charge in [0.05, 0.1) is 0 Å². The van der Waals surface area contributed by atoms with Crippen LogP contribution in [-0.2, 0) is 32.6 Å². The van der Waals surface area contributed by atoms with Gasteiger partial charge >= 0.3 is 0 Å². The Balaban J connectivity index is 0.00000131. The summed E-state index contributed by atoms with van der Waals surface area (Å²) in [5.41, 5.74) is 6.97. The molecule has 4 rings (SSSR count). The van der Waals surface area contributed by atoms with Crippen LogP contribution in [0.3, 0.4) is 0 Å². The number of benzene rings is 2. The molecule has 3 aromatic carbocycles. The molecule has 0 N–H and O–H groups in total. The summed E-state index contributed by atoms with van der Waals surface area (Å²) in [7, 11) is 0. The summed E-state index contributed by atoms with van der Waals surface area (Å²) < 4.78 is 0. The van der Waals surface area contributed by atoms with Gasteiger partial charge in [0.25, 0.3) is 0 Å². The topological polar surface area (TPSA) is 0 Å². The van der Waals surface area contributed by atoms with E-state index in [2.05, 4.69) is 62.4 Å². The Bertz CT molecular complexity index is 853. The number of hydrogen-bond acceptors (Lipinski definition) is 0. The summed E-state index contributed by atoms with van der Waals surface area (Å²) in [5, 5.41) is 2.83. The van der Waals surface area contributed by atoms with E-state index in [-0.39, 0.29) is 51.0 Å². The first-order chi connectivity index (χ1) is 12.2. The average Bonchev–Trinajstić information content (AvgIpc) is 2.81. The molecular formula is C25H31Cl2Zr-. The van der Waals surface area contributed by atoms with Gasteiger partial charge < -0.3 is 0 Å². The normalized spacial score (nSPS) is 14.5. The van der Waals surface area contributed by atoms with E-state index in [0.29, 0.717) is 0 Å². The van der Waals surface area contributed by atoms with Crippen LogP contribution in [0.15, 0.2) is 48.5 Å². The van der Waals surface area contributed by atoms with Crippen molar-refractivity contribution in [2.24, 2.45) is 5.92 Å². The van der Waals surface area contributed by atoms with Crippen LogP contribution in [0.5, 0.6) is 0 Å². The van der Waals surface area contributed by atoms with E-state index in [4.69, 9.17) is 0 Å². The Morgan fingerprint density at radius 2 is 1.50 bits per heavy atom. The van der Waals surface area contributed by atoms with E-state index in [1.165, 1.54) is 78.0 Å². The van der Waals surface area contributed by atoms with Gasteiger partial charge in [0.1, 0.15) is 0 Å². The monoisotopic (exact) mass is 491 g/mol. The molecule has 3 aromatic rings. The van der Waals surface area contributed by atoms with E-state index in [1.807, 2.05) is 0 Å². The molecule has 0 radical (unpaired) electrons. The first-order valence-corrected chi connectivity index (χ1v) is 9.96. The maximum atomic E-state index is 2.47. The Morgan fingerprint density at radius 1 is 0.857 bits per heavy atom. The summed E-state index contributed by atoms with van der Waals surface area (Å²) in [4.78, 5) is 0. The molecule has 0 heterocycles. The zero-order valence-corrected chi connectivity index (χ0v) is 21.1. The Morgan fingerprint density at radius 3 is 2.14 bits per heavy atom. The van der Waals surface area contributed by atoms with E-state index in [1.54, 1.807) is 5.56 Å². The van der Waals surface area contributed by atoms with Crippen LogP contribution in [0.1, 0.15) is 55.2 Å². The minimum atomic E-state index is 0. The first-order valence-electron chi connectivity index (χ1n) is 9.96. The van der Waals surface area contributed by atoms with Crippen LogP contribution < -0.4 is 0 Å². The molecule has 28 heavy (non-hydrogen) atoms. The molecular weight excluding hydrogens is 462 g/mol. The summed E-state index contributed by atoms with van der Waals surface area (Å²) in [6, 6.07) is 18.6. The third-order valence-corrected chi connectivity index (χ3v) is 5.84. The van der Waals surface area contributed by atoms with Crippen LogP contribution in [0.4, 0.5) is 0 Å². The zero-order chi connectivity index (χ0) is 17.2. The predicted octanol–water partition coefficient (Wildman–Crippen LogP) is 8.20. The number of halogens is 2. The maximum absolute atomic E-state index is 2.47. The standard InChI is InChI=1S/C25H29.2ClH.Zr/c1-18-12-19(2)14-23(13-18)24-11-7-10-22-16-21(17-25(22)24)15-20-8-5-3-4-6-9-20;;;/h7,10-14,16-17,20H,3-6,8-9,15H2,1-2H3;2*1H;/q-1;;;. The molecule has 0 atom stereocenters. The fraction of sp³-hybridized carbons (Fsp3) is 0.400. The van der Waals surface area contributed by atoms with Gasteiger partial charge in [-0.25, -0.2) is 0 Å². The van der Waals surface area contributed by atoms with Crippen molar-refractivity contribution in [3.05, 3.63) is 65.2 Å². The number of fused-ring (bicyclic) bond motifs is 1. The predicted molar refractivity (Wildman–Crippen MR) is 124 cm³/mol. The van der Waals surface area contributed by atoms with Crippen molar-refractivity contribution in [3.63, 3.8) is 0 Å². The van der Waals surface area contributed by atoms with E-state index in [0.717, 1.165) is 5.92 Å². The summed E-state index contributed by atoms with van der Waals surface area (Å²) in [6.07, 6.45) is 9.85. The minimum absolute atomic E-state index is 0. The quantitative estimate of drug-likeness (QED) is 0.255. The second-order valence-corrected chi connectivity index (χ2v) is 8.11. The molecule has 1 saturated carbocycles. The average molecular weight is 494 g/mol. The second-order valence-electron chi connectivity index (χ2n) is 8.11. The molecule has 0 spiro atoms. The molecule has 3 heteroatoms. The molecule has 1 aliphatic carbocycles. The van der Waals surface area contributed by atoms with Gasteiger partial charge in [0, 0.05) is 26.2 Å². The number of rotatable bonds is 3. The summed E-state index contributed by atoms with van der Waals surface area (Å²) in [6.45, 7) is 4.39. The van der Waals surface area contributed by atoms with E-state index in [9.17, 15) is 0 Å². The third kappa shape index (κ3) is 6.01. The van der Waals surface area contributed by atoms with Crippen LogP contribution in [0, 0.1) is 19.8 Å². The first kappa shape index (κ1) is 25.5. The molecule has 0 aliphatic heterocycles. The second kappa shape index (κ2) is 11.6. The van der Waals surface area contributed by atoms with E-state index >= 15 is 0 Å². The van der Waals surface area contributed by atoms with Gasteiger partial charge in [0.2, 0.25) is 0 Å². The molecule has 0 saturated heterocycles. The van der Waals surface area contributed by atoms with Gasteiger partial charge in [-0.3, -0.25) is 0 Å². The summed E-state index contributed by atoms with van der Waals surface area (Å²) in [5.74, 6) is 0.893.